The Morgan fingerprint density at radius 1 is 0.889 bits per heavy atom. The van der Waals surface area contributed by atoms with E-state index in [1.54, 1.807) is 0 Å². The number of anilines is 1. The number of hydrogen-bond acceptors (Lipinski definition) is 3. The van der Waals surface area contributed by atoms with Crippen molar-refractivity contribution in [1.82, 2.24) is 0 Å². The van der Waals surface area contributed by atoms with Crippen LogP contribution in [0.1, 0.15) is 27.7 Å². The molecule has 0 unspecified atom stereocenters. The SMILES string of the molecule is CC(C)OP(OC(C)C)c1ccc(N(C)C)cc1. The van der Waals surface area contributed by atoms with E-state index in [0.29, 0.717) is 0 Å². The molecule has 0 N–H and O–H groups in total. The molecule has 0 heterocycles. The molecule has 1 rings (SSSR count). The van der Waals surface area contributed by atoms with Gasteiger partial charge < -0.3 is 13.9 Å². The topological polar surface area (TPSA) is 21.7 Å². The molecule has 3 nitrogen and oxygen atoms in total. The Morgan fingerprint density at radius 3 is 1.67 bits per heavy atom. The summed E-state index contributed by atoms with van der Waals surface area (Å²) >= 11 is 0. The van der Waals surface area contributed by atoms with Gasteiger partial charge >= 0.3 is 0 Å². The first kappa shape index (κ1) is 15.4. The first-order valence-corrected chi connectivity index (χ1v) is 7.49. The van der Waals surface area contributed by atoms with E-state index in [0.717, 1.165) is 5.30 Å². The molecular formula is C14H24NO2P. The summed E-state index contributed by atoms with van der Waals surface area (Å²) in [6, 6.07) is 8.37. The molecule has 0 atom stereocenters. The molecule has 0 spiro atoms. The maximum Gasteiger partial charge on any atom is 0.205 e. The Hall–Kier alpha value is -0.630. The van der Waals surface area contributed by atoms with Crippen molar-refractivity contribution in [1.29, 1.82) is 0 Å². The summed E-state index contributed by atoms with van der Waals surface area (Å²) in [5.41, 5.74) is 1.18. The van der Waals surface area contributed by atoms with Gasteiger partial charge in [-0.25, -0.2) is 0 Å². The van der Waals surface area contributed by atoms with Gasteiger partial charge in [0.1, 0.15) is 0 Å². The minimum absolute atomic E-state index is 0.170. The van der Waals surface area contributed by atoms with Crippen LogP contribution in [0.5, 0.6) is 0 Å². The van der Waals surface area contributed by atoms with E-state index in [1.165, 1.54) is 5.69 Å². The zero-order chi connectivity index (χ0) is 13.7. The van der Waals surface area contributed by atoms with Crippen LogP contribution in [0, 0.1) is 0 Å². The van der Waals surface area contributed by atoms with Crippen molar-refractivity contribution in [3.8, 4) is 0 Å². The fourth-order valence-electron chi connectivity index (χ4n) is 1.40. The summed E-state index contributed by atoms with van der Waals surface area (Å²) in [5.74, 6) is 0. The molecule has 0 radical (unpaired) electrons. The lowest BCUT2D eigenvalue weighted by molar-refractivity contribution is 0.183. The summed E-state index contributed by atoms with van der Waals surface area (Å²) in [6.45, 7) is 8.14. The van der Waals surface area contributed by atoms with Gasteiger partial charge in [-0.2, -0.15) is 0 Å². The Labute approximate surface area is 112 Å². The van der Waals surface area contributed by atoms with E-state index in [4.69, 9.17) is 9.05 Å². The summed E-state index contributed by atoms with van der Waals surface area (Å²) in [6.07, 6.45) is 0.340. The van der Waals surface area contributed by atoms with Crippen molar-refractivity contribution in [3.63, 3.8) is 0 Å². The maximum absolute atomic E-state index is 5.88. The van der Waals surface area contributed by atoms with E-state index in [-0.39, 0.29) is 12.2 Å². The van der Waals surface area contributed by atoms with Crippen molar-refractivity contribution in [2.75, 3.05) is 19.0 Å². The predicted molar refractivity (Wildman–Crippen MR) is 79.8 cm³/mol. The van der Waals surface area contributed by atoms with Crippen molar-refractivity contribution < 1.29 is 9.05 Å². The van der Waals surface area contributed by atoms with Gasteiger partial charge in [0, 0.05) is 25.1 Å². The van der Waals surface area contributed by atoms with Crippen molar-refractivity contribution in [2.24, 2.45) is 0 Å². The third-order valence-electron chi connectivity index (χ3n) is 2.19. The lowest BCUT2D eigenvalue weighted by atomic mass is 10.3. The number of hydrogen-bond donors (Lipinski definition) is 0. The third-order valence-corrected chi connectivity index (χ3v) is 4.14. The van der Waals surface area contributed by atoms with Crippen molar-refractivity contribution >= 4 is 19.4 Å². The van der Waals surface area contributed by atoms with Crippen LogP contribution < -0.4 is 10.2 Å². The second-order valence-electron chi connectivity index (χ2n) is 4.98. The highest BCUT2D eigenvalue weighted by Crippen LogP contribution is 2.40. The van der Waals surface area contributed by atoms with Gasteiger partial charge in [-0.1, -0.05) is 0 Å². The maximum atomic E-state index is 5.88. The van der Waals surface area contributed by atoms with E-state index < -0.39 is 8.38 Å². The molecule has 0 saturated carbocycles. The van der Waals surface area contributed by atoms with Crippen LogP contribution in [-0.4, -0.2) is 26.3 Å². The van der Waals surface area contributed by atoms with Crippen molar-refractivity contribution in [2.45, 2.75) is 39.9 Å². The third kappa shape index (κ3) is 4.93. The Morgan fingerprint density at radius 2 is 1.33 bits per heavy atom. The number of nitrogens with zero attached hydrogens (tertiary/aromatic N) is 1. The summed E-state index contributed by atoms with van der Waals surface area (Å²) in [5, 5.41) is 1.12. The fraction of sp³-hybridized carbons (Fsp3) is 0.571. The first-order valence-electron chi connectivity index (χ1n) is 6.31. The monoisotopic (exact) mass is 269 g/mol. The molecule has 1 aromatic carbocycles. The Bertz CT molecular complexity index is 339. The van der Waals surface area contributed by atoms with E-state index in [9.17, 15) is 0 Å². The highest BCUT2D eigenvalue weighted by molar-refractivity contribution is 7.56. The van der Waals surface area contributed by atoms with Gasteiger partial charge in [0.15, 0.2) is 0 Å². The van der Waals surface area contributed by atoms with Crippen LogP contribution in [0.15, 0.2) is 24.3 Å². The summed E-state index contributed by atoms with van der Waals surface area (Å²) < 4.78 is 11.8. The highest BCUT2D eigenvalue weighted by atomic mass is 31.2. The minimum atomic E-state index is -0.985. The molecular weight excluding hydrogens is 245 g/mol. The van der Waals surface area contributed by atoms with Gasteiger partial charge in [0.2, 0.25) is 8.38 Å². The smallest absolute Gasteiger partial charge is 0.205 e. The van der Waals surface area contributed by atoms with Crippen LogP contribution in [0.3, 0.4) is 0 Å². The van der Waals surface area contributed by atoms with Gasteiger partial charge in [-0.15, -0.1) is 0 Å². The molecule has 0 saturated heterocycles. The van der Waals surface area contributed by atoms with E-state index in [2.05, 4.69) is 29.2 Å². The zero-order valence-electron chi connectivity index (χ0n) is 12.2. The zero-order valence-corrected chi connectivity index (χ0v) is 13.1. The number of benzene rings is 1. The van der Waals surface area contributed by atoms with Crippen LogP contribution in [-0.2, 0) is 9.05 Å². The normalized spacial score (nSPS) is 11.6. The molecule has 1 aromatic rings. The molecule has 0 amide bonds. The fourth-order valence-corrected chi connectivity index (χ4v) is 2.85. The molecule has 0 aliphatic rings. The molecule has 0 aromatic heterocycles. The Kier molecular flexibility index (Phi) is 6.07. The van der Waals surface area contributed by atoms with Crippen molar-refractivity contribution in [3.05, 3.63) is 24.3 Å². The minimum Gasteiger partial charge on any atom is -0.378 e. The first-order chi connectivity index (χ1) is 8.40. The van der Waals surface area contributed by atoms with Gasteiger partial charge in [0.05, 0.1) is 12.2 Å². The summed E-state index contributed by atoms with van der Waals surface area (Å²) in [7, 11) is 3.08. The predicted octanol–water partition coefficient (Wildman–Crippen LogP) is 3.54. The molecule has 102 valence electrons. The van der Waals surface area contributed by atoms with Crippen LogP contribution in [0.25, 0.3) is 0 Å². The molecule has 0 aliphatic heterocycles. The van der Waals surface area contributed by atoms with E-state index in [1.807, 2.05) is 41.8 Å². The van der Waals surface area contributed by atoms with Crippen LogP contribution in [0.4, 0.5) is 5.69 Å². The molecule has 18 heavy (non-hydrogen) atoms. The molecule has 0 fully saturated rings. The summed E-state index contributed by atoms with van der Waals surface area (Å²) in [4.78, 5) is 2.08. The average Bonchev–Trinajstić information content (AvgIpc) is 2.27. The average molecular weight is 269 g/mol. The number of rotatable bonds is 6. The largest absolute Gasteiger partial charge is 0.378 e. The van der Waals surface area contributed by atoms with Gasteiger partial charge in [-0.3, -0.25) is 0 Å². The lowest BCUT2D eigenvalue weighted by Crippen LogP contribution is -2.14. The lowest BCUT2D eigenvalue weighted by Gasteiger charge is -2.22. The van der Waals surface area contributed by atoms with Gasteiger partial charge in [0.25, 0.3) is 0 Å². The van der Waals surface area contributed by atoms with Gasteiger partial charge in [-0.05, 0) is 52.0 Å². The van der Waals surface area contributed by atoms with Crippen LogP contribution in [0.2, 0.25) is 0 Å². The standard InChI is InChI=1S/C14H24NO2P/c1-11(2)16-18(17-12(3)4)14-9-7-13(8-10-14)15(5)6/h7-12H,1-6H3. The second-order valence-corrected chi connectivity index (χ2v) is 6.43. The highest BCUT2D eigenvalue weighted by Gasteiger charge is 2.17. The van der Waals surface area contributed by atoms with Crippen LogP contribution >= 0.6 is 8.38 Å². The molecule has 0 bridgehead atoms. The quantitative estimate of drug-likeness (QED) is 0.737. The second kappa shape index (κ2) is 7.08. The molecule has 0 aliphatic carbocycles. The Balaban J connectivity index is 2.83. The molecule has 4 heteroatoms. The van der Waals surface area contributed by atoms with E-state index >= 15 is 0 Å².